The Labute approximate surface area is 196 Å². The molecule has 0 N–H and O–H groups in total. The Kier molecular flexibility index (Phi) is 7.37. The topological polar surface area (TPSA) is 76.2 Å². The second-order valence-corrected chi connectivity index (χ2v) is 9.41. The number of hydrogen-bond acceptors (Lipinski definition) is 5. The lowest BCUT2D eigenvalue weighted by Crippen LogP contribution is -2.57. The van der Waals surface area contributed by atoms with Gasteiger partial charge in [-0.05, 0) is 69.6 Å². The van der Waals surface area contributed by atoms with Crippen molar-refractivity contribution >= 4 is 17.8 Å². The van der Waals surface area contributed by atoms with Gasteiger partial charge in [-0.15, -0.1) is 0 Å². The lowest BCUT2D eigenvalue weighted by Gasteiger charge is -2.42. The van der Waals surface area contributed by atoms with Gasteiger partial charge in [-0.3, -0.25) is 19.3 Å². The summed E-state index contributed by atoms with van der Waals surface area (Å²) >= 11 is 0. The second kappa shape index (κ2) is 10.2. The summed E-state index contributed by atoms with van der Waals surface area (Å²) in [5, 5.41) is 0. The number of carbonyl (C=O) groups is 3. The van der Waals surface area contributed by atoms with E-state index in [1.807, 2.05) is 24.3 Å². The van der Waals surface area contributed by atoms with Crippen LogP contribution in [0.1, 0.15) is 74.7 Å². The molecule has 7 nitrogen and oxygen atoms in total. The largest absolute Gasteiger partial charge is 0.466 e. The standard InChI is InChI=1S/C26H36N2O5/c1-3-19-8-10-20(11-9-19)23(29)28-22(18-33-26(28)14-6-5-7-15-26)24(30)27-16-12-21(13-17-27)25(31)32-4-2/h8-11,21-22H,3-7,12-18H2,1-2H3/t22-/m0/s1. The quantitative estimate of drug-likeness (QED) is 0.634. The summed E-state index contributed by atoms with van der Waals surface area (Å²) < 4.78 is 11.4. The summed E-state index contributed by atoms with van der Waals surface area (Å²) in [6.45, 7) is 5.49. The molecule has 33 heavy (non-hydrogen) atoms. The number of carbonyl (C=O) groups excluding carboxylic acids is 3. The monoisotopic (exact) mass is 456 g/mol. The molecule has 0 aromatic heterocycles. The van der Waals surface area contributed by atoms with Gasteiger partial charge in [-0.2, -0.15) is 0 Å². The van der Waals surface area contributed by atoms with Crippen molar-refractivity contribution in [1.82, 2.24) is 9.80 Å². The number of nitrogens with zero attached hydrogens (tertiary/aromatic N) is 2. The average molecular weight is 457 g/mol. The minimum atomic E-state index is -0.692. The van der Waals surface area contributed by atoms with E-state index < -0.39 is 11.8 Å². The van der Waals surface area contributed by atoms with E-state index in [0.717, 1.165) is 38.5 Å². The van der Waals surface area contributed by atoms with Crippen LogP contribution in [-0.2, 0) is 25.5 Å². The first-order valence-electron chi connectivity index (χ1n) is 12.5. The molecule has 1 aromatic carbocycles. The predicted octanol–water partition coefficient (Wildman–Crippen LogP) is 3.55. The van der Waals surface area contributed by atoms with Gasteiger partial charge < -0.3 is 14.4 Å². The first-order valence-corrected chi connectivity index (χ1v) is 12.5. The number of piperidine rings is 1. The zero-order chi connectivity index (χ0) is 23.4. The minimum Gasteiger partial charge on any atom is -0.466 e. The molecule has 180 valence electrons. The number of benzene rings is 1. The van der Waals surface area contributed by atoms with Crippen molar-refractivity contribution in [2.75, 3.05) is 26.3 Å². The average Bonchev–Trinajstić information content (AvgIpc) is 3.21. The van der Waals surface area contributed by atoms with Gasteiger partial charge in [-0.25, -0.2) is 0 Å². The Bertz CT molecular complexity index is 854. The van der Waals surface area contributed by atoms with Crippen molar-refractivity contribution in [3.8, 4) is 0 Å². The van der Waals surface area contributed by atoms with E-state index in [1.165, 1.54) is 5.56 Å². The van der Waals surface area contributed by atoms with Crippen molar-refractivity contribution in [2.45, 2.75) is 77.0 Å². The third-order valence-corrected chi connectivity index (χ3v) is 7.43. The molecule has 0 unspecified atom stereocenters. The lowest BCUT2D eigenvalue weighted by molar-refractivity contribution is -0.151. The van der Waals surface area contributed by atoms with Gasteiger partial charge in [0.1, 0.15) is 11.8 Å². The Morgan fingerprint density at radius 2 is 1.70 bits per heavy atom. The summed E-state index contributed by atoms with van der Waals surface area (Å²) in [7, 11) is 0. The fraction of sp³-hybridized carbons (Fsp3) is 0.654. The van der Waals surface area contributed by atoms with Gasteiger partial charge in [0, 0.05) is 18.7 Å². The third kappa shape index (κ3) is 4.79. The number of aryl methyl sites for hydroxylation is 1. The van der Waals surface area contributed by atoms with Crippen LogP contribution < -0.4 is 0 Å². The zero-order valence-electron chi connectivity index (χ0n) is 19.9. The summed E-state index contributed by atoms with van der Waals surface area (Å²) in [6.07, 6.45) is 6.73. The molecule has 1 saturated carbocycles. The van der Waals surface area contributed by atoms with E-state index in [1.54, 1.807) is 16.7 Å². The molecule has 0 radical (unpaired) electrons. The number of ether oxygens (including phenoxy) is 2. The van der Waals surface area contributed by atoms with Crippen LogP contribution in [0.4, 0.5) is 0 Å². The molecule has 7 heteroatoms. The number of likely N-dealkylation sites (tertiary alicyclic amines) is 1. The maximum atomic E-state index is 13.7. The van der Waals surface area contributed by atoms with Crippen molar-refractivity contribution in [3.63, 3.8) is 0 Å². The fourth-order valence-electron chi connectivity index (χ4n) is 5.49. The molecular formula is C26H36N2O5. The Morgan fingerprint density at radius 1 is 1.03 bits per heavy atom. The second-order valence-electron chi connectivity index (χ2n) is 9.41. The van der Waals surface area contributed by atoms with E-state index in [0.29, 0.717) is 38.1 Å². The Balaban J connectivity index is 1.53. The van der Waals surface area contributed by atoms with Crippen LogP contribution in [0.25, 0.3) is 0 Å². The molecule has 1 atom stereocenters. The Hall–Kier alpha value is -2.41. The number of hydrogen-bond donors (Lipinski definition) is 0. The molecule has 2 amide bonds. The van der Waals surface area contributed by atoms with Gasteiger partial charge in [0.05, 0.1) is 19.1 Å². The van der Waals surface area contributed by atoms with Gasteiger partial charge in [0.25, 0.3) is 5.91 Å². The molecule has 2 heterocycles. The molecule has 0 bridgehead atoms. The highest BCUT2D eigenvalue weighted by atomic mass is 16.5. The Morgan fingerprint density at radius 3 is 2.30 bits per heavy atom. The van der Waals surface area contributed by atoms with Crippen LogP contribution in [-0.4, -0.2) is 65.7 Å². The van der Waals surface area contributed by atoms with Gasteiger partial charge >= 0.3 is 5.97 Å². The van der Waals surface area contributed by atoms with Crippen LogP contribution in [0.15, 0.2) is 24.3 Å². The van der Waals surface area contributed by atoms with E-state index in [2.05, 4.69) is 6.92 Å². The highest BCUT2D eigenvalue weighted by Gasteiger charge is 2.53. The summed E-state index contributed by atoms with van der Waals surface area (Å²) in [5.41, 5.74) is 1.08. The van der Waals surface area contributed by atoms with Crippen LogP contribution in [0.3, 0.4) is 0 Å². The van der Waals surface area contributed by atoms with Gasteiger partial charge in [-0.1, -0.05) is 25.5 Å². The molecule has 3 aliphatic rings. The number of amides is 2. The molecule has 2 aliphatic heterocycles. The normalized spacial score (nSPS) is 23.0. The van der Waals surface area contributed by atoms with E-state index in [9.17, 15) is 14.4 Å². The molecular weight excluding hydrogens is 420 g/mol. The van der Waals surface area contributed by atoms with Crippen molar-refractivity contribution in [2.24, 2.45) is 5.92 Å². The maximum Gasteiger partial charge on any atom is 0.309 e. The van der Waals surface area contributed by atoms with E-state index in [-0.39, 0.29) is 30.3 Å². The van der Waals surface area contributed by atoms with Gasteiger partial charge in [0.15, 0.2) is 0 Å². The zero-order valence-corrected chi connectivity index (χ0v) is 19.9. The molecule has 1 aliphatic carbocycles. The van der Waals surface area contributed by atoms with Crippen molar-refractivity contribution < 1.29 is 23.9 Å². The van der Waals surface area contributed by atoms with Crippen LogP contribution in [0, 0.1) is 5.92 Å². The van der Waals surface area contributed by atoms with E-state index >= 15 is 0 Å². The van der Waals surface area contributed by atoms with Crippen LogP contribution >= 0.6 is 0 Å². The fourth-order valence-corrected chi connectivity index (χ4v) is 5.49. The highest BCUT2D eigenvalue weighted by Crippen LogP contribution is 2.42. The maximum absolute atomic E-state index is 13.7. The first-order chi connectivity index (χ1) is 16.0. The summed E-state index contributed by atoms with van der Waals surface area (Å²) in [6, 6.07) is 7.06. The van der Waals surface area contributed by atoms with Crippen LogP contribution in [0.5, 0.6) is 0 Å². The molecule has 1 aromatic rings. The molecule has 4 rings (SSSR count). The first kappa shape index (κ1) is 23.7. The smallest absolute Gasteiger partial charge is 0.309 e. The third-order valence-electron chi connectivity index (χ3n) is 7.43. The van der Waals surface area contributed by atoms with Crippen molar-refractivity contribution in [3.05, 3.63) is 35.4 Å². The molecule has 3 fully saturated rings. The SMILES string of the molecule is CCOC(=O)C1CCN(C(=O)[C@@H]2COC3(CCCCC3)N2C(=O)c2ccc(CC)cc2)CC1. The number of rotatable bonds is 5. The summed E-state index contributed by atoms with van der Waals surface area (Å²) in [5.74, 6) is -0.536. The summed E-state index contributed by atoms with van der Waals surface area (Å²) in [4.78, 5) is 43.0. The number of esters is 1. The minimum absolute atomic E-state index is 0.0710. The predicted molar refractivity (Wildman–Crippen MR) is 123 cm³/mol. The van der Waals surface area contributed by atoms with E-state index in [4.69, 9.17) is 9.47 Å². The van der Waals surface area contributed by atoms with Crippen LogP contribution in [0.2, 0.25) is 0 Å². The highest BCUT2D eigenvalue weighted by molar-refractivity contribution is 5.98. The molecule has 2 saturated heterocycles. The molecule has 1 spiro atoms. The lowest BCUT2D eigenvalue weighted by atomic mass is 9.89. The van der Waals surface area contributed by atoms with Gasteiger partial charge in [0.2, 0.25) is 5.91 Å². The van der Waals surface area contributed by atoms with Crippen molar-refractivity contribution in [1.29, 1.82) is 0 Å².